The normalized spacial score (nSPS) is 25.7. The van der Waals surface area contributed by atoms with Crippen LogP contribution in [0.3, 0.4) is 0 Å². The van der Waals surface area contributed by atoms with Crippen molar-refractivity contribution in [3.8, 4) is 5.75 Å². The number of para-hydroxylation sites is 1. The molecule has 2 aliphatic rings. The highest BCUT2D eigenvalue weighted by Gasteiger charge is 2.31. The first-order chi connectivity index (χ1) is 13.1. The van der Waals surface area contributed by atoms with E-state index in [1.807, 2.05) is 35.2 Å². The molecule has 6 nitrogen and oxygen atoms in total. The van der Waals surface area contributed by atoms with Crippen LogP contribution in [0.4, 0.5) is 0 Å². The van der Waals surface area contributed by atoms with E-state index in [2.05, 4.69) is 17.6 Å². The summed E-state index contributed by atoms with van der Waals surface area (Å²) >= 11 is 0. The molecule has 2 saturated heterocycles. The molecule has 0 aliphatic carbocycles. The SMILES string of the molecule is CC1NCCCC1NC(=O)C1CCCN(C(=O)CCOc2ccccc2)C1. The van der Waals surface area contributed by atoms with Crippen molar-refractivity contribution in [3.63, 3.8) is 0 Å². The monoisotopic (exact) mass is 373 g/mol. The van der Waals surface area contributed by atoms with E-state index in [1.54, 1.807) is 0 Å². The topological polar surface area (TPSA) is 70.7 Å². The van der Waals surface area contributed by atoms with Gasteiger partial charge in [0.2, 0.25) is 11.8 Å². The number of piperidine rings is 2. The van der Waals surface area contributed by atoms with Crippen molar-refractivity contribution in [2.45, 2.75) is 51.1 Å². The smallest absolute Gasteiger partial charge is 0.226 e. The molecule has 3 unspecified atom stereocenters. The Morgan fingerprint density at radius 2 is 2.04 bits per heavy atom. The minimum atomic E-state index is -0.105. The van der Waals surface area contributed by atoms with Gasteiger partial charge in [-0.3, -0.25) is 9.59 Å². The van der Waals surface area contributed by atoms with Gasteiger partial charge in [-0.15, -0.1) is 0 Å². The largest absolute Gasteiger partial charge is 0.493 e. The molecule has 27 heavy (non-hydrogen) atoms. The fourth-order valence-corrected chi connectivity index (χ4v) is 3.89. The van der Waals surface area contributed by atoms with Crippen LogP contribution in [0.5, 0.6) is 5.75 Å². The molecule has 3 rings (SSSR count). The van der Waals surface area contributed by atoms with Crippen LogP contribution in [-0.2, 0) is 9.59 Å². The predicted molar refractivity (Wildman–Crippen MR) is 104 cm³/mol. The summed E-state index contributed by atoms with van der Waals surface area (Å²) in [7, 11) is 0. The van der Waals surface area contributed by atoms with Gasteiger partial charge in [0.25, 0.3) is 0 Å². The standard InChI is InChI=1S/C21H31N3O3/c1-16-19(10-5-12-22-16)23-21(26)17-7-6-13-24(15-17)20(25)11-14-27-18-8-3-2-4-9-18/h2-4,8-9,16-17,19,22H,5-7,10-15H2,1H3,(H,23,26). The van der Waals surface area contributed by atoms with E-state index < -0.39 is 0 Å². The first kappa shape index (κ1) is 19.7. The number of likely N-dealkylation sites (tertiary alicyclic amines) is 1. The molecule has 0 radical (unpaired) electrons. The number of hydrogen-bond donors (Lipinski definition) is 2. The fourth-order valence-electron chi connectivity index (χ4n) is 3.89. The van der Waals surface area contributed by atoms with E-state index in [0.29, 0.717) is 25.6 Å². The fraction of sp³-hybridized carbons (Fsp3) is 0.619. The molecule has 6 heteroatoms. The number of ether oxygens (including phenoxy) is 1. The Morgan fingerprint density at radius 1 is 1.22 bits per heavy atom. The van der Waals surface area contributed by atoms with Crippen LogP contribution < -0.4 is 15.4 Å². The van der Waals surface area contributed by atoms with Gasteiger partial charge in [-0.25, -0.2) is 0 Å². The highest BCUT2D eigenvalue weighted by Crippen LogP contribution is 2.19. The van der Waals surface area contributed by atoms with Gasteiger partial charge < -0.3 is 20.3 Å². The molecule has 2 N–H and O–H groups in total. The van der Waals surface area contributed by atoms with Crippen molar-refractivity contribution in [2.75, 3.05) is 26.2 Å². The highest BCUT2D eigenvalue weighted by molar-refractivity contribution is 5.81. The Kier molecular flexibility index (Phi) is 7.10. The predicted octanol–water partition coefficient (Wildman–Crippen LogP) is 1.95. The average Bonchev–Trinajstić information content (AvgIpc) is 2.70. The maximum absolute atomic E-state index is 12.7. The van der Waals surface area contributed by atoms with Crippen molar-refractivity contribution in [2.24, 2.45) is 5.92 Å². The number of carbonyl (C=O) groups excluding carboxylic acids is 2. The molecular weight excluding hydrogens is 342 g/mol. The maximum Gasteiger partial charge on any atom is 0.226 e. The molecule has 1 aromatic carbocycles. The van der Waals surface area contributed by atoms with Crippen molar-refractivity contribution in [1.29, 1.82) is 0 Å². The third kappa shape index (κ3) is 5.70. The van der Waals surface area contributed by atoms with Crippen molar-refractivity contribution in [3.05, 3.63) is 30.3 Å². The zero-order valence-electron chi connectivity index (χ0n) is 16.2. The quantitative estimate of drug-likeness (QED) is 0.800. The van der Waals surface area contributed by atoms with E-state index in [9.17, 15) is 9.59 Å². The van der Waals surface area contributed by atoms with Crippen LogP contribution in [0.1, 0.15) is 39.0 Å². The van der Waals surface area contributed by atoms with Crippen LogP contribution in [0.2, 0.25) is 0 Å². The van der Waals surface area contributed by atoms with E-state index in [-0.39, 0.29) is 23.8 Å². The molecule has 2 fully saturated rings. The van der Waals surface area contributed by atoms with Crippen LogP contribution in [0, 0.1) is 5.92 Å². The molecule has 0 aromatic heterocycles. The highest BCUT2D eigenvalue weighted by atomic mass is 16.5. The van der Waals surface area contributed by atoms with Gasteiger partial charge >= 0.3 is 0 Å². The molecule has 0 spiro atoms. The first-order valence-electron chi connectivity index (χ1n) is 10.1. The number of amides is 2. The average molecular weight is 373 g/mol. The number of hydrogen-bond acceptors (Lipinski definition) is 4. The number of benzene rings is 1. The van der Waals surface area contributed by atoms with Crippen LogP contribution in [-0.4, -0.2) is 55.0 Å². The molecule has 148 valence electrons. The van der Waals surface area contributed by atoms with Crippen molar-refractivity contribution < 1.29 is 14.3 Å². The molecule has 3 atom stereocenters. The van der Waals surface area contributed by atoms with Crippen LogP contribution >= 0.6 is 0 Å². The van der Waals surface area contributed by atoms with E-state index in [0.717, 1.165) is 44.5 Å². The van der Waals surface area contributed by atoms with Crippen molar-refractivity contribution in [1.82, 2.24) is 15.5 Å². The summed E-state index contributed by atoms with van der Waals surface area (Å²) in [5.41, 5.74) is 0. The van der Waals surface area contributed by atoms with Gasteiger partial charge in [0, 0.05) is 25.2 Å². The second kappa shape index (κ2) is 9.74. The summed E-state index contributed by atoms with van der Waals surface area (Å²) in [5.74, 6) is 0.827. The summed E-state index contributed by atoms with van der Waals surface area (Å²) in [5, 5.41) is 6.61. The zero-order chi connectivity index (χ0) is 19.1. The van der Waals surface area contributed by atoms with E-state index in [4.69, 9.17) is 4.74 Å². The minimum Gasteiger partial charge on any atom is -0.493 e. The lowest BCUT2D eigenvalue weighted by molar-refractivity contribution is -0.136. The third-order valence-corrected chi connectivity index (χ3v) is 5.56. The third-order valence-electron chi connectivity index (χ3n) is 5.56. The van der Waals surface area contributed by atoms with Gasteiger partial charge in [0.05, 0.1) is 18.9 Å². The van der Waals surface area contributed by atoms with Gasteiger partial charge in [-0.1, -0.05) is 18.2 Å². The lowest BCUT2D eigenvalue weighted by atomic mass is 9.94. The van der Waals surface area contributed by atoms with Gasteiger partial charge in [0.15, 0.2) is 0 Å². The molecule has 0 bridgehead atoms. The zero-order valence-corrected chi connectivity index (χ0v) is 16.2. The Balaban J connectivity index is 1.43. The summed E-state index contributed by atoms with van der Waals surface area (Å²) in [6.07, 6.45) is 4.18. The summed E-state index contributed by atoms with van der Waals surface area (Å²) < 4.78 is 5.62. The molecule has 1 aromatic rings. The maximum atomic E-state index is 12.7. The molecular formula is C21H31N3O3. The molecule has 2 aliphatic heterocycles. The number of nitrogens with zero attached hydrogens (tertiary/aromatic N) is 1. The molecule has 2 amide bonds. The summed E-state index contributed by atoms with van der Waals surface area (Å²) in [6, 6.07) is 10.0. The Labute approximate surface area is 161 Å². The lowest BCUT2D eigenvalue weighted by Crippen LogP contribution is -2.54. The second-order valence-electron chi connectivity index (χ2n) is 7.59. The Morgan fingerprint density at radius 3 is 2.81 bits per heavy atom. The van der Waals surface area contributed by atoms with Gasteiger partial charge in [-0.2, -0.15) is 0 Å². The van der Waals surface area contributed by atoms with E-state index >= 15 is 0 Å². The Hall–Kier alpha value is -2.08. The summed E-state index contributed by atoms with van der Waals surface area (Å²) in [4.78, 5) is 27.0. The number of nitrogens with one attached hydrogen (secondary N) is 2. The molecule has 2 heterocycles. The molecule has 0 saturated carbocycles. The van der Waals surface area contributed by atoms with Gasteiger partial charge in [-0.05, 0) is 51.3 Å². The van der Waals surface area contributed by atoms with E-state index in [1.165, 1.54) is 0 Å². The number of carbonyl (C=O) groups is 2. The minimum absolute atomic E-state index is 0.0659. The Bertz CT molecular complexity index is 622. The summed E-state index contributed by atoms with van der Waals surface area (Å²) in [6.45, 7) is 4.75. The van der Waals surface area contributed by atoms with Crippen LogP contribution in [0.25, 0.3) is 0 Å². The second-order valence-corrected chi connectivity index (χ2v) is 7.59. The van der Waals surface area contributed by atoms with Crippen LogP contribution in [0.15, 0.2) is 30.3 Å². The first-order valence-corrected chi connectivity index (χ1v) is 10.1. The lowest BCUT2D eigenvalue weighted by Gasteiger charge is -2.35. The van der Waals surface area contributed by atoms with Crippen molar-refractivity contribution >= 4 is 11.8 Å². The van der Waals surface area contributed by atoms with Gasteiger partial charge in [0.1, 0.15) is 5.75 Å². The number of rotatable bonds is 6.